The second kappa shape index (κ2) is 8.16. The molecule has 0 aliphatic rings. The topological polar surface area (TPSA) is 66.4 Å². The smallest absolute Gasteiger partial charge is 0.304 e. The Hall–Kier alpha value is -1.01. The summed E-state index contributed by atoms with van der Waals surface area (Å²) in [5, 5.41) is 13.4. The van der Waals surface area contributed by atoms with Gasteiger partial charge in [-0.2, -0.15) is 0 Å². The van der Waals surface area contributed by atoms with Gasteiger partial charge >= 0.3 is 5.97 Å². The van der Waals surface area contributed by atoms with Gasteiger partial charge in [-0.1, -0.05) is 13.0 Å². The van der Waals surface area contributed by atoms with Crippen molar-refractivity contribution in [1.29, 1.82) is 0 Å². The van der Waals surface area contributed by atoms with Crippen LogP contribution in [-0.4, -0.2) is 34.5 Å². The first kappa shape index (κ1) is 15.0. The maximum atomic E-state index is 11.5. The van der Waals surface area contributed by atoms with Gasteiger partial charge in [-0.05, 0) is 17.9 Å². The third-order valence-electron chi connectivity index (χ3n) is 2.23. The van der Waals surface area contributed by atoms with E-state index in [2.05, 4.69) is 5.32 Å². The van der Waals surface area contributed by atoms with Gasteiger partial charge in [0.15, 0.2) is 0 Å². The number of rotatable bonds is 8. The molecule has 0 aliphatic heterocycles. The second-order valence-corrected chi connectivity index (χ2v) is 6.36. The van der Waals surface area contributed by atoms with E-state index < -0.39 is 5.97 Å². The Morgan fingerprint density at radius 1 is 1.56 bits per heavy atom. The lowest BCUT2D eigenvalue weighted by Crippen LogP contribution is -2.27. The van der Waals surface area contributed by atoms with E-state index in [0.717, 1.165) is 6.42 Å². The van der Waals surface area contributed by atoms with Gasteiger partial charge in [0.1, 0.15) is 0 Å². The molecule has 6 heteroatoms. The summed E-state index contributed by atoms with van der Waals surface area (Å²) >= 11 is 3.05. The number of hydrogen-bond acceptors (Lipinski definition) is 4. The number of aliphatic carboxylic acids is 1. The van der Waals surface area contributed by atoms with Gasteiger partial charge in [-0.25, -0.2) is 0 Å². The highest BCUT2D eigenvalue weighted by atomic mass is 32.2. The van der Waals surface area contributed by atoms with E-state index in [-0.39, 0.29) is 17.6 Å². The molecule has 1 amide bonds. The van der Waals surface area contributed by atoms with E-state index in [1.807, 2.05) is 24.4 Å². The fraction of sp³-hybridized carbons (Fsp3) is 0.500. The Morgan fingerprint density at radius 2 is 2.33 bits per heavy atom. The Morgan fingerprint density at radius 3 is 2.94 bits per heavy atom. The van der Waals surface area contributed by atoms with Gasteiger partial charge in [-0.3, -0.25) is 9.59 Å². The Labute approximate surface area is 115 Å². The third kappa shape index (κ3) is 6.66. The molecule has 1 heterocycles. The number of nitrogens with one attached hydrogen (secondary N) is 1. The van der Waals surface area contributed by atoms with E-state index in [9.17, 15) is 9.59 Å². The van der Waals surface area contributed by atoms with Crippen molar-refractivity contribution in [2.24, 2.45) is 0 Å². The van der Waals surface area contributed by atoms with Crippen LogP contribution in [0.15, 0.2) is 17.5 Å². The molecule has 0 spiro atoms. The largest absolute Gasteiger partial charge is 0.481 e. The van der Waals surface area contributed by atoms with Crippen molar-refractivity contribution in [3.8, 4) is 0 Å². The van der Waals surface area contributed by atoms with Gasteiger partial charge in [0.25, 0.3) is 0 Å². The van der Waals surface area contributed by atoms with E-state index in [0.29, 0.717) is 12.3 Å². The molecule has 2 N–H and O–H groups in total. The lowest BCUT2D eigenvalue weighted by Gasteiger charge is -2.08. The van der Waals surface area contributed by atoms with Crippen molar-refractivity contribution in [3.63, 3.8) is 0 Å². The zero-order chi connectivity index (χ0) is 13.4. The molecule has 100 valence electrons. The molecule has 18 heavy (non-hydrogen) atoms. The molecule has 0 aliphatic carbocycles. The molecule has 1 unspecified atom stereocenters. The van der Waals surface area contributed by atoms with Crippen molar-refractivity contribution >= 4 is 35.0 Å². The van der Waals surface area contributed by atoms with Crippen LogP contribution in [0.25, 0.3) is 0 Å². The minimum Gasteiger partial charge on any atom is -0.481 e. The number of carboxylic acid groups (broad SMARTS) is 1. The summed E-state index contributed by atoms with van der Waals surface area (Å²) in [5.41, 5.74) is 0. The monoisotopic (exact) mass is 287 g/mol. The van der Waals surface area contributed by atoms with Crippen molar-refractivity contribution in [1.82, 2.24) is 5.32 Å². The van der Waals surface area contributed by atoms with E-state index in [1.54, 1.807) is 11.3 Å². The van der Waals surface area contributed by atoms with E-state index in [4.69, 9.17) is 5.11 Å². The zero-order valence-electron chi connectivity index (χ0n) is 10.2. The van der Waals surface area contributed by atoms with Crippen LogP contribution in [0.4, 0.5) is 0 Å². The summed E-state index contributed by atoms with van der Waals surface area (Å²) in [5.74, 6) is -0.541. The van der Waals surface area contributed by atoms with Gasteiger partial charge in [0.2, 0.25) is 5.91 Å². The second-order valence-electron chi connectivity index (χ2n) is 3.90. The van der Waals surface area contributed by atoms with Crippen LogP contribution in [0.1, 0.15) is 18.2 Å². The average Bonchev–Trinajstić information content (AvgIpc) is 2.78. The molecule has 0 saturated heterocycles. The molecule has 1 rings (SSSR count). The Balaban J connectivity index is 2.08. The maximum Gasteiger partial charge on any atom is 0.304 e. The molecule has 0 aromatic carbocycles. The molecule has 1 aromatic rings. The van der Waals surface area contributed by atoms with Crippen molar-refractivity contribution < 1.29 is 14.7 Å². The number of hydrogen-bond donors (Lipinski definition) is 2. The quantitative estimate of drug-likeness (QED) is 0.767. The van der Waals surface area contributed by atoms with Crippen LogP contribution in [0, 0.1) is 0 Å². The Bertz CT molecular complexity index is 379. The zero-order valence-corrected chi connectivity index (χ0v) is 11.9. The first-order valence-electron chi connectivity index (χ1n) is 5.70. The predicted octanol–water partition coefficient (Wildman–Crippen LogP) is 2.00. The fourth-order valence-corrected chi connectivity index (χ4v) is 2.86. The van der Waals surface area contributed by atoms with Crippen LogP contribution in [0.3, 0.4) is 0 Å². The summed E-state index contributed by atoms with van der Waals surface area (Å²) in [6.07, 6.45) is 0.936. The van der Waals surface area contributed by atoms with E-state index in [1.165, 1.54) is 16.6 Å². The highest BCUT2D eigenvalue weighted by Crippen LogP contribution is 2.13. The maximum absolute atomic E-state index is 11.5. The van der Waals surface area contributed by atoms with Crippen molar-refractivity contribution in [3.05, 3.63) is 22.4 Å². The van der Waals surface area contributed by atoms with Crippen LogP contribution >= 0.6 is 23.1 Å². The molecular formula is C12H17NO3S2. The van der Waals surface area contributed by atoms with Crippen molar-refractivity contribution in [2.45, 2.75) is 25.0 Å². The number of thioether (sulfide) groups is 1. The SMILES string of the molecule is CC(CC(=O)O)SCC(=O)NCCc1cccs1. The molecule has 0 fully saturated rings. The number of carbonyl (C=O) groups is 2. The summed E-state index contributed by atoms with van der Waals surface area (Å²) in [4.78, 5) is 23.2. The van der Waals surface area contributed by atoms with Crippen molar-refractivity contribution in [2.75, 3.05) is 12.3 Å². The fourth-order valence-electron chi connectivity index (χ4n) is 1.35. The third-order valence-corrected chi connectivity index (χ3v) is 4.34. The minimum absolute atomic E-state index is 0.0335. The van der Waals surface area contributed by atoms with Gasteiger partial charge in [-0.15, -0.1) is 23.1 Å². The van der Waals surface area contributed by atoms with Crippen LogP contribution < -0.4 is 5.32 Å². The lowest BCUT2D eigenvalue weighted by atomic mass is 10.3. The summed E-state index contributed by atoms with van der Waals surface area (Å²) in [6, 6.07) is 4.03. The summed E-state index contributed by atoms with van der Waals surface area (Å²) < 4.78 is 0. The normalized spacial score (nSPS) is 12.1. The summed E-state index contributed by atoms with van der Waals surface area (Å²) in [6.45, 7) is 2.45. The molecule has 4 nitrogen and oxygen atoms in total. The van der Waals surface area contributed by atoms with Crippen LogP contribution in [0.2, 0.25) is 0 Å². The van der Waals surface area contributed by atoms with E-state index >= 15 is 0 Å². The average molecular weight is 287 g/mol. The molecule has 1 atom stereocenters. The Kier molecular flexibility index (Phi) is 6.82. The molecule has 0 radical (unpaired) electrons. The first-order valence-corrected chi connectivity index (χ1v) is 7.63. The van der Waals surface area contributed by atoms with Crippen LogP contribution in [-0.2, 0) is 16.0 Å². The molecule has 1 aromatic heterocycles. The highest BCUT2D eigenvalue weighted by molar-refractivity contribution is 8.00. The van der Waals surface area contributed by atoms with Gasteiger partial charge < -0.3 is 10.4 Å². The number of thiophene rings is 1. The minimum atomic E-state index is -0.826. The van der Waals surface area contributed by atoms with Crippen LogP contribution in [0.5, 0.6) is 0 Å². The molecular weight excluding hydrogens is 270 g/mol. The lowest BCUT2D eigenvalue weighted by molar-refractivity contribution is -0.136. The summed E-state index contributed by atoms with van der Waals surface area (Å²) in [7, 11) is 0. The van der Waals surface area contributed by atoms with Gasteiger partial charge in [0.05, 0.1) is 12.2 Å². The molecule has 0 bridgehead atoms. The number of amides is 1. The van der Waals surface area contributed by atoms with Gasteiger partial charge in [0, 0.05) is 16.7 Å². The number of carbonyl (C=O) groups excluding carboxylic acids is 1. The highest BCUT2D eigenvalue weighted by Gasteiger charge is 2.10. The molecule has 0 saturated carbocycles. The number of carboxylic acids is 1. The predicted molar refractivity (Wildman–Crippen MR) is 75.2 cm³/mol. The first-order chi connectivity index (χ1) is 8.58. The standard InChI is InChI=1S/C12H17NO3S2/c1-9(7-12(15)16)18-8-11(14)13-5-4-10-3-2-6-17-10/h2-3,6,9H,4-5,7-8H2,1H3,(H,13,14)(H,15,16).